The fraction of sp³-hybridized carbons (Fsp3) is 0.429. The number of amides is 1. The molecule has 0 aromatic heterocycles. The number of nitrogens with one attached hydrogen (secondary N) is 1. The Labute approximate surface area is 126 Å². The maximum Gasteiger partial charge on any atom is 0.328 e. The number of rotatable bonds is 3. The molecule has 0 aliphatic rings. The van der Waals surface area contributed by atoms with Crippen LogP contribution in [0.25, 0.3) is 0 Å². The van der Waals surface area contributed by atoms with Crippen molar-refractivity contribution in [3.05, 3.63) is 34.4 Å². The van der Waals surface area contributed by atoms with Crippen LogP contribution < -0.4 is 5.32 Å². The van der Waals surface area contributed by atoms with Crippen LogP contribution >= 0.6 is 11.6 Å². The molecule has 116 valence electrons. The van der Waals surface area contributed by atoms with E-state index < -0.39 is 45.7 Å². The molecule has 1 N–H and O–H groups in total. The first kappa shape index (κ1) is 17.4. The number of benzene rings is 1. The molecule has 7 heteroatoms. The highest BCUT2D eigenvalue weighted by atomic mass is 35.5. The van der Waals surface area contributed by atoms with E-state index in [1.807, 2.05) is 0 Å². The topological polar surface area (TPSA) is 55.4 Å². The first-order valence-electron chi connectivity index (χ1n) is 6.19. The van der Waals surface area contributed by atoms with Gasteiger partial charge < -0.3 is 10.1 Å². The third-order valence-electron chi connectivity index (χ3n) is 2.36. The number of esters is 1. The van der Waals surface area contributed by atoms with Crippen molar-refractivity contribution in [2.75, 3.05) is 0 Å². The van der Waals surface area contributed by atoms with E-state index in [0.717, 1.165) is 0 Å². The molecule has 0 radical (unpaired) electrons. The minimum atomic E-state index is -1.00. The summed E-state index contributed by atoms with van der Waals surface area (Å²) in [4.78, 5) is 23.5. The van der Waals surface area contributed by atoms with Crippen LogP contribution in [0, 0.1) is 11.6 Å². The Morgan fingerprint density at radius 1 is 1.24 bits per heavy atom. The fourth-order valence-corrected chi connectivity index (χ4v) is 1.57. The standard InChI is InChI=1S/C14H16ClF2NO3/c1-7(13(20)21-14(2,3)4)18-12(19)8-5-11(17)9(15)6-10(8)16/h5-7H,1-4H3,(H,18,19)/t7-/m0/s1. The number of ether oxygens (including phenoxy) is 1. The van der Waals surface area contributed by atoms with Crippen molar-refractivity contribution in [2.45, 2.75) is 39.3 Å². The molecule has 1 atom stereocenters. The van der Waals surface area contributed by atoms with Gasteiger partial charge in [0.05, 0.1) is 10.6 Å². The maximum atomic E-state index is 13.6. The van der Waals surface area contributed by atoms with E-state index in [1.165, 1.54) is 6.92 Å². The van der Waals surface area contributed by atoms with Crippen LogP contribution in [-0.2, 0) is 9.53 Å². The molecule has 0 bridgehead atoms. The molecule has 4 nitrogen and oxygen atoms in total. The zero-order valence-electron chi connectivity index (χ0n) is 12.1. The third-order valence-corrected chi connectivity index (χ3v) is 2.65. The van der Waals surface area contributed by atoms with E-state index in [-0.39, 0.29) is 0 Å². The predicted octanol–water partition coefficient (Wildman–Crippen LogP) is 3.08. The molecule has 1 rings (SSSR count). The largest absolute Gasteiger partial charge is 0.458 e. The summed E-state index contributed by atoms with van der Waals surface area (Å²) < 4.78 is 31.9. The van der Waals surface area contributed by atoms with Crippen molar-refractivity contribution in [3.63, 3.8) is 0 Å². The lowest BCUT2D eigenvalue weighted by atomic mass is 10.1. The number of hydrogen-bond donors (Lipinski definition) is 1. The van der Waals surface area contributed by atoms with E-state index >= 15 is 0 Å². The first-order valence-corrected chi connectivity index (χ1v) is 6.57. The van der Waals surface area contributed by atoms with Crippen molar-refractivity contribution < 1.29 is 23.1 Å². The summed E-state index contributed by atoms with van der Waals surface area (Å²) in [7, 11) is 0. The monoisotopic (exact) mass is 319 g/mol. The summed E-state index contributed by atoms with van der Waals surface area (Å²) in [5, 5.41) is 1.82. The average Bonchev–Trinajstić information content (AvgIpc) is 2.31. The van der Waals surface area contributed by atoms with Gasteiger partial charge >= 0.3 is 5.97 Å². The Hall–Kier alpha value is -1.69. The van der Waals surface area contributed by atoms with Gasteiger partial charge in [-0.1, -0.05) is 11.6 Å². The number of hydrogen-bond acceptors (Lipinski definition) is 3. The van der Waals surface area contributed by atoms with Crippen LogP contribution in [0.2, 0.25) is 5.02 Å². The zero-order chi connectivity index (χ0) is 16.4. The van der Waals surface area contributed by atoms with E-state index in [2.05, 4.69) is 5.32 Å². The van der Waals surface area contributed by atoms with Gasteiger partial charge in [0.25, 0.3) is 5.91 Å². The number of carbonyl (C=O) groups excluding carboxylic acids is 2. The van der Waals surface area contributed by atoms with Crippen molar-refractivity contribution in [2.24, 2.45) is 0 Å². The lowest BCUT2D eigenvalue weighted by molar-refractivity contribution is -0.156. The molecule has 0 spiro atoms. The van der Waals surface area contributed by atoms with Gasteiger partial charge in [-0.15, -0.1) is 0 Å². The molecule has 0 saturated carbocycles. The van der Waals surface area contributed by atoms with Gasteiger partial charge in [-0.3, -0.25) is 4.79 Å². The molecule has 0 unspecified atom stereocenters. The molecule has 0 aliphatic carbocycles. The van der Waals surface area contributed by atoms with Crippen molar-refractivity contribution in [1.82, 2.24) is 5.32 Å². The van der Waals surface area contributed by atoms with Gasteiger partial charge in [0.1, 0.15) is 23.3 Å². The Morgan fingerprint density at radius 2 is 1.81 bits per heavy atom. The lowest BCUT2D eigenvalue weighted by Gasteiger charge is -2.22. The Bertz CT molecular complexity index is 570. The fourth-order valence-electron chi connectivity index (χ4n) is 1.42. The van der Waals surface area contributed by atoms with Crippen LogP contribution in [0.5, 0.6) is 0 Å². The summed E-state index contributed by atoms with van der Waals surface area (Å²) in [6.07, 6.45) is 0. The molecule has 0 heterocycles. The van der Waals surface area contributed by atoms with Crippen molar-refractivity contribution in [1.29, 1.82) is 0 Å². The van der Waals surface area contributed by atoms with E-state index in [0.29, 0.717) is 12.1 Å². The van der Waals surface area contributed by atoms with Gasteiger partial charge in [0.15, 0.2) is 0 Å². The Morgan fingerprint density at radius 3 is 2.33 bits per heavy atom. The molecular formula is C14H16ClF2NO3. The van der Waals surface area contributed by atoms with Crippen LogP contribution in [0.4, 0.5) is 8.78 Å². The van der Waals surface area contributed by atoms with Crippen molar-refractivity contribution in [3.8, 4) is 0 Å². The van der Waals surface area contributed by atoms with Gasteiger partial charge in [-0.05, 0) is 39.8 Å². The second kappa shape index (κ2) is 6.39. The molecule has 1 aromatic rings. The van der Waals surface area contributed by atoms with E-state index in [9.17, 15) is 18.4 Å². The second-order valence-corrected chi connectivity index (χ2v) is 5.88. The maximum absolute atomic E-state index is 13.6. The van der Waals surface area contributed by atoms with E-state index in [1.54, 1.807) is 20.8 Å². The third kappa shape index (κ3) is 4.97. The summed E-state index contributed by atoms with van der Waals surface area (Å²) in [5.74, 6) is -3.50. The summed E-state index contributed by atoms with van der Waals surface area (Å²) in [5.41, 5.74) is -1.25. The summed E-state index contributed by atoms with van der Waals surface area (Å²) >= 11 is 5.40. The summed E-state index contributed by atoms with van der Waals surface area (Å²) in [6.45, 7) is 6.41. The van der Waals surface area contributed by atoms with Crippen LogP contribution in [0.15, 0.2) is 12.1 Å². The SMILES string of the molecule is C[C@H](NC(=O)c1cc(F)c(Cl)cc1F)C(=O)OC(C)(C)C. The first-order chi connectivity index (χ1) is 9.51. The second-order valence-electron chi connectivity index (χ2n) is 5.47. The highest BCUT2D eigenvalue weighted by Crippen LogP contribution is 2.19. The Kier molecular flexibility index (Phi) is 5.28. The average molecular weight is 320 g/mol. The van der Waals surface area contributed by atoms with Gasteiger partial charge in [0, 0.05) is 0 Å². The molecule has 1 aromatic carbocycles. The van der Waals surface area contributed by atoms with E-state index in [4.69, 9.17) is 16.3 Å². The molecule has 0 aliphatic heterocycles. The highest BCUT2D eigenvalue weighted by molar-refractivity contribution is 6.30. The molecule has 0 fully saturated rings. The number of carbonyl (C=O) groups is 2. The van der Waals surface area contributed by atoms with Gasteiger partial charge in [0.2, 0.25) is 0 Å². The minimum Gasteiger partial charge on any atom is -0.458 e. The van der Waals surface area contributed by atoms with Crippen LogP contribution in [0.3, 0.4) is 0 Å². The predicted molar refractivity (Wildman–Crippen MR) is 74.1 cm³/mol. The molecular weight excluding hydrogens is 304 g/mol. The van der Waals surface area contributed by atoms with Crippen LogP contribution in [-0.4, -0.2) is 23.5 Å². The molecule has 0 saturated heterocycles. The Balaban J connectivity index is 2.82. The summed E-state index contributed by atoms with van der Waals surface area (Å²) in [6, 6.07) is 0.369. The van der Waals surface area contributed by atoms with Gasteiger partial charge in [-0.2, -0.15) is 0 Å². The zero-order valence-corrected chi connectivity index (χ0v) is 12.8. The molecule has 1 amide bonds. The minimum absolute atomic E-state index is 0.427. The van der Waals surface area contributed by atoms with Gasteiger partial charge in [-0.25, -0.2) is 13.6 Å². The van der Waals surface area contributed by atoms with Crippen LogP contribution in [0.1, 0.15) is 38.1 Å². The number of halogens is 3. The normalized spacial score (nSPS) is 12.7. The smallest absolute Gasteiger partial charge is 0.328 e. The lowest BCUT2D eigenvalue weighted by Crippen LogP contribution is -2.42. The molecule has 21 heavy (non-hydrogen) atoms. The quantitative estimate of drug-likeness (QED) is 0.688. The highest BCUT2D eigenvalue weighted by Gasteiger charge is 2.24. The van der Waals surface area contributed by atoms with Crippen molar-refractivity contribution >= 4 is 23.5 Å².